The third kappa shape index (κ3) is 18.1. The molecule has 1 rings (SSSR count). The highest BCUT2D eigenvalue weighted by Crippen LogP contribution is 2.24. The monoisotopic (exact) mass is 628 g/mol. The van der Waals surface area contributed by atoms with Crippen LogP contribution in [0.4, 0.5) is 0 Å². The van der Waals surface area contributed by atoms with Crippen molar-refractivity contribution in [3.05, 3.63) is 35.4 Å². The number of ether oxygens (including phenoxy) is 5. The minimum Gasteiger partial charge on any atom is -0.469 e. The van der Waals surface area contributed by atoms with Crippen LogP contribution in [0.2, 0.25) is 38.3 Å². The fourth-order valence-corrected chi connectivity index (χ4v) is 13.4. The lowest BCUT2D eigenvalue weighted by atomic mass is 10.0. The van der Waals surface area contributed by atoms with Gasteiger partial charge in [-0.25, -0.2) is 0 Å². The zero-order chi connectivity index (χ0) is 31.6. The summed E-state index contributed by atoms with van der Waals surface area (Å²) in [7, 11) is -2.31. The second-order valence-electron chi connectivity index (χ2n) is 12.2. The summed E-state index contributed by atoms with van der Waals surface area (Å²) in [6, 6.07) is 9.32. The Kier molecular flexibility index (Phi) is 18.6. The van der Waals surface area contributed by atoms with E-state index in [4.69, 9.17) is 27.8 Å². The van der Waals surface area contributed by atoms with E-state index >= 15 is 0 Å². The number of aliphatic hydroxyl groups is 1. The molecule has 2 unspecified atom stereocenters. The zero-order valence-corrected chi connectivity index (χ0v) is 29.2. The fraction of sp³-hybridized carbons (Fsp3) is 0.742. The summed E-state index contributed by atoms with van der Waals surface area (Å²) in [4.78, 5) is 24.3. The van der Waals surface area contributed by atoms with Gasteiger partial charge in [0, 0.05) is 13.2 Å². The first kappa shape index (κ1) is 38.4. The van der Waals surface area contributed by atoms with Crippen LogP contribution in [0.25, 0.3) is 0 Å². The highest BCUT2D eigenvalue weighted by molar-refractivity contribution is 6.84. The molecule has 0 radical (unpaired) electrons. The number of benzene rings is 1. The molecule has 0 bridgehead atoms. The van der Waals surface area contributed by atoms with Crippen molar-refractivity contribution >= 4 is 28.6 Å². The summed E-state index contributed by atoms with van der Waals surface area (Å²) >= 11 is 0. The van der Waals surface area contributed by atoms with Gasteiger partial charge in [0.1, 0.15) is 12.7 Å². The van der Waals surface area contributed by atoms with Crippen LogP contribution in [-0.2, 0) is 50.2 Å². The molecule has 2 atom stereocenters. The van der Waals surface area contributed by atoms with Crippen LogP contribution in [0.3, 0.4) is 0 Å². The Morgan fingerprint density at radius 3 is 1.86 bits per heavy atom. The van der Waals surface area contributed by atoms with Crippen molar-refractivity contribution in [2.24, 2.45) is 0 Å². The van der Waals surface area contributed by atoms with Gasteiger partial charge >= 0.3 is 11.9 Å². The molecule has 0 amide bonds. The predicted molar refractivity (Wildman–Crippen MR) is 170 cm³/mol. The van der Waals surface area contributed by atoms with E-state index in [9.17, 15) is 14.7 Å². The molecule has 42 heavy (non-hydrogen) atoms. The summed E-state index contributed by atoms with van der Waals surface area (Å²) in [6.07, 6.45) is 1.95. The van der Waals surface area contributed by atoms with Crippen molar-refractivity contribution in [1.82, 2.24) is 0 Å². The molecule has 0 saturated heterocycles. The number of methoxy groups -OCH3 is 1. The molecule has 0 fully saturated rings. The lowest BCUT2D eigenvalue weighted by Gasteiger charge is -2.34. The Bertz CT molecular complexity index is 908. The Morgan fingerprint density at radius 2 is 1.36 bits per heavy atom. The number of hydrogen-bond acceptors (Lipinski definition) is 9. The minimum absolute atomic E-state index is 0.0351. The summed E-state index contributed by atoms with van der Waals surface area (Å²) in [5.41, 5.74) is 1.49. The van der Waals surface area contributed by atoms with Gasteiger partial charge in [-0.3, -0.25) is 9.59 Å². The van der Waals surface area contributed by atoms with Gasteiger partial charge in [-0.15, -0.1) is 0 Å². The zero-order valence-electron chi connectivity index (χ0n) is 27.2. The van der Waals surface area contributed by atoms with Gasteiger partial charge in [0.15, 0.2) is 16.6 Å². The quantitative estimate of drug-likeness (QED) is 0.0982. The summed E-state index contributed by atoms with van der Waals surface area (Å²) in [6.45, 7) is 17.0. The van der Waals surface area contributed by atoms with Crippen LogP contribution in [0.15, 0.2) is 24.3 Å². The molecule has 9 nitrogen and oxygen atoms in total. The molecule has 0 saturated carbocycles. The van der Waals surface area contributed by atoms with Crippen LogP contribution >= 0.6 is 0 Å². The summed E-state index contributed by atoms with van der Waals surface area (Å²) in [5, 5.41) is 9.61. The molecular formula is C31H56O9Si2. The van der Waals surface area contributed by atoms with Gasteiger partial charge in [-0.05, 0) is 82.5 Å². The number of carbonyl (C=O) groups is 2. The standard InChI is InChI=1S/C31H56O9Si2/c1-9-28(32)22-36-16-12-18-41(5,6)40-42(7,8)19-13-17-37-23-29(39-25(2)3)24-38-31(34)21-27-15-11-10-14-26(27)20-30(33)35-4/h10-11,14-15,25,28-29,32H,9,12-13,16-24H2,1-8H3. The predicted octanol–water partition coefficient (Wildman–Crippen LogP) is 5.29. The topological polar surface area (TPSA) is 110 Å². The van der Waals surface area contributed by atoms with E-state index in [1.165, 1.54) is 7.11 Å². The van der Waals surface area contributed by atoms with Gasteiger partial charge < -0.3 is 32.9 Å². The van der Waals surface area contributed by atoms with Crippen LogP contribution in [0.5, 0.6) is 0 Å². The van der Waals surface area contributed by atoms with E-state index in [-0.39, 0.29) is 49.7 Å². The van der Waals surface area contributed by atoms with Gasteiger partial charge in [0.2, 0.25) is 0 Å². The van der Waals surface area contributed by atoms with Crippen LogP contribution in [0.1, 0.15) is 51.2 Å². The Hall–Kier alpha value is -1.61. The normalized spacial score (nSPS) is 13.7. The molecule has 0 aliphatic rings. The van der Waals surface area contributed by atoms with Crippen molar-refractivity contribution < 1.29 is 42.5 Å². The number of esters is 2. The molecular weight excluding hydrogens is 573 g/mol. The molecule has 0 aliphatic carbocycles. The van der Waals surface area contributed by atoms with Crippen LogP contribution in [-0.4, -0.2) is 92.1 Å². The van der Waals surface area contributed by atoms with E-state index in [1.807, 2.05) is 45.0 Å². The first-order valence-electron chi connectivity index (χ1n) is 15.2. The summed E-state index contributed by atoms with van der Waals surface area (Å²) < 4.78 is 34.5. The van der Waals surface area contributed by atoms with Crippen LogP contribution in [0, 0.1) is 0 Å². The molecule has 1 aromatic carbocycles. The van der Waals surface area contributed by atoms with E-state index in [0.29, 0.717) is 32.8 Å². The van der Waals surface area contributed by atoms with E-state index in [1.54, 1.807) is 0 Å². The summed E-state index contributed by atoms with van der Waals surface area (Å²) in [5.74, 6) is -0.737. The van der Waals surface area contributed by atoms with Gasteiger partial charge in [0.05, 0.1) is 45.4 Å². The maximum absolute atomic E-state index is 12.6. The van der Waals surface area contributed by atoms with Gasteiger partial charge in [-0.2, -0.15) is 0 Å². The maximum atomic E-state index is 12.6. The molecule has 0 aliphatic heterocycles. The molecule has 0 heterocycles. The number of rotatable bonds is 23. The second-order valence-corrected chi connectivity index (χ2v) is 21.1. The second kappa shape index (κ2) is 20.4. The Morgan fingerprint density at radius 1 is 0.833 bits per heavy atom. The van der Waals surface area contributed by atoms with Gasteiger partial charge in [0.25, 0.3) is 0 Å². The van der Waals surface area contributed by atoms with E-state index in [0.717, 1.165) is 36.1 Å². The van der Waals surface area contributed by atoms with Crippen molar-refractivity contribution in [2.75, 3.05) is 40.1 Å². The van der Waals surface area contributed by atoms with Gasteiger partial charge in [-0.1, -0.05) is 31.2 Å². The van der Waals surface area contributed by atoms with Crippen molar-refractivity contribution in [2.45, 2.75) is 109 Å². The van der Waals surface area contributed by atoms with E-state index in [2.05, 4.69) is 26.2 Å². The highest BCUT2D eigenvalue weighted by atomic mass is 28.4. The average molecular weight is 629 g/mol. The lowest BCUT2D eigenvalue weighted by molar-refractivity contribution is -0.151. The maximum Gasteiger partial charge on any atom is 0.310 e. The Balaban J connectivity index is 2.42. The number of carbonyl (C=O) groups excluding carboxylic acids is 2. The van der Waals surface area contributed by atoms with E-state index < -0.39 is 16.6 Å². The smallest absolute Gasteiger partial charge is 0.310 e. The lowest BCUT2D eigenvalue weighted by Crippen LogP contribution is -2.44. The fourth-order valence-electron chi connectivity index (χ4n) is 4.64. The Labute approximate surface area is 255 Å². The molecule has 0 spiro atoms. The molecule has 1 N–H and O–H groups in total. The van der Waals surface area contributed by atoms with Crippen molar-refractivity contribution in [3.63, 3.8) is 0 Å². The van der Waals surface area contributed by atoms with Crippen molar-refractivity contribution in [3.8, 4) is 0 Å². The third-order valence-corrected chi connectivity index (χ3v) is 14.2. The highest BCUT2D eigenvalue weighted by Gasteiger charge is 2.32. The molecule has 0 aromatic heterocycles. The molecule has 1 aromatic rings. The van der Waals surface area contributed by atoms with Crippen molar-refractivity contribution in [1.29, 1.82) is 0 Å². The molecule has 11 heteroatoms. The molecule has 242 valence electrons. The average Bonchev–Trinajstić information content (AvgIpc) is 2.91. The first-order chi connectivity index (χ1) is 19.8. The largest absolute Gasteiger partial charge is 0.469 e. The number of hydrogen-bond donors (Lipinski definition) is 1. The SMILES string of the molecule is CCC(O)COCCC[Si](C)(C)O[Si](C)(C)CCCOCC(COC(=O)Cc1ccccc1CC(=O)OC)OC(C)C. The minimum atomic E-state index is -1.85. The third-order valence-electron chi connectivity index (χ3n) is 6.68. The number of aliphatic hydroxyl groups excluding tert-OH is 1. The first-order valence-corrected chi connectivity index (χ1v) is 21.5. The van der Waals surface area contributed by atoms with Crippen LogP contribution < -0.4 is 0 Å².